The number of methoxy groups -OCH3 is 1. The summed E-state index contributed by atoms with van der Waals surface area (Å²) in [5.74, 6) is -0.590. The maximum Gasteiger partial charge on any atom is 0.307 e. The van der Waals surface area contributed by atoms with Crippen molar-refractivity contribution in [2.75, 3.05) is 13.7 Å². The van der Waals surface area contributed by atoms with E-state index in [0.29, 0.717) is 6.42 Å². The van der Waals surface area contributed by atoms with Gasteiger partial charge in [-0.15, -0.1) is 0 Å². The molecule has 0 saturated carbocycles. The van der Waals surface area contributed by atoms with Crippen molar-refractivity contribution in [1.82, 2.24) is 5.32 Å². The van der Waals surface area contributed by atoms with Crippen molar-refractivity contribution in [2.24, 2.45) is 0 Å². The van der Waals surface area contributed by atoms with Crippen molar-refractivity contribution in [3.05, 3.63) is 35.6 Å². The number of nitrogens with one attached hydrogen (secondary N) is 1. The van der Waals surface area contributed by atoms with Gasteiger partial charge in [0.1, 0.15) is 5.82 Å². The van der Waals surface area contributed by atoms with Gasteiger partial charge in [0.25, 0.3) is 0 Å². The van der Waals surface area contributed by atoms with Crippen LogP contribution in [0.15, 0.2) is 24.3 Å². The molecule has 1 rings (SSSR count). The van der Waals surface area contributed by atoms with Gasteiger partial charge in [-0.1, -0.05) is 26.0 Å². The predicted octanol–water partition coefficient (Wildman–Crippen LogP) is 2.99. The normalized spacial score (nSPS) is 13.9. The Hall–Kier alpha value is -1.42. The number of carbonyl (C=O) groups is 1. The summed E-state index contributed by atoms with van der Waals surface area (Å²) in [5.41, 5.74) is 0.222. The quantitative estimate of drug-likeness (QED) is 0.772. The van der Waals surface area contributed by atoms with Gasteiger partial charge in [0.05, 0.1) is 19.1 Å². The molecule has 19 heavy (non-hydrogen) atoms. The second kappa shape index (κ2) is 7.24. The van der Waals surface area contributed by atoms with Crippen LogP contribution in [-0.2, 0) is 15.1 Å². The van der Waals surface area contributed by atoms with Gasteiger partial charge >= 0.3 is 5.97 Å². The molecule has 4 heteroatoms. The van der Waals surface area contributed by atoms with Gasteiger partial charge < -0.3 is 10.1 Å². The Morgan fingerprint density at radius 3 is 2.68 bits per heavy atom. The molecule has 0 aromatic heterocycles. The summed E-state index contributed by atoms with van der Waals surface area (Å²) < 4.78 is 18.2. The van der Waals surface area contributed by atoms with Crippen molar-refractivity contribution >= 4 is 5.97 Å². The van der Waals surface area contributed by atoms with E-state index in [2.05, 4.69) is 12.2 Å². The Kier molecular flexibility index (Phi) is 5.96. The Morgan fingerprint density at radius 2 is 2.16 bits per heavy atom. The van der Waals surface area contributed by atoms with Crippen LogP contribution in [0.2, 0.25) is 0 Å². The second-order valence-electron chi connectivity index (χ2n) is 4.63. The van der Waals surface area contributed by atoms with Crippen LogP contribution in [0.5, 0.6) is 0 Å². The summed E-state index contributed by atoms with van der Waals surface area (Å²) in [6.07, 6.45) is 1.83. The maximum absolute atomic E-state index is 13.4. The lowest BCUT2D eigenvalue weighted by Gasteiger charge is -2.34. The molecular formula is C15H22FNO2. The van der Waals surface area contributed by atoms with Gasteiger partial charge in [-0.25, -0.2) is 4.39 Å². The Balaban J connectivity index is 3.11. The van der Waals surface area contributed by atoms with Gasteiger partial charge in [0.2, 0.25) is 0 Å². The molecule has 0 fully saturated rings. The lowest BCUT2D eigenvalue weighted by Crippen LogP contribution is -2.44. The van der Waals surface area contributed by atoms with Crippen LogP contribution in [-0.4, -0.2) is 19.6 Å². The molecule has 0 amide bonds. The minimum atomic E-state index is -0.564. The van der Waals surface area contributed by atoms with Crippen molar-refractivity contribution in [2.45, 2.75) is 38.6 Å². The van der Waals surface area contributed by atoms with Crippen LogP contribution in [0, 0.1) is 5.82 Å². The molecule has 0 bridgehead atoms. The number of halogens is 1. The zero-order chi connectivity index (χ0) is 14.3. The van der Waals surface area contributed by atoms with Crippen molar-refractivity contribution < 1.29 is 13.9 Å². The number of hydrogen-bond donors (Lipinski definition) is 1. The fourth-order valence-electron chi connectivity index (χ4n) is 2.19. The van der Waals surface area contributed by atoms with Crippen LogP contribution < -0.4 is 5.32 Å². The smallest absolute Gasteiger partial charge is 0.307 e. The van der Waals surface area contributed by atoms with Gasteiger partial charge in [-0.2, -0.15) is 0 Å². The first-order valence-corrected chi connectivity index (χ1v) is 6.66. The number of rotatable bonds is 7. The van der Waals surface area contributed by atoms with E-state index in [1.54, 1.807) is 6.07 Å². The predicted molar refractivity (Wildman–Crippen MR) is 73.3 cm³/mol. The lowest BCUT2D eigenvalue weighted by molar-refractivity contribution is -0.142. The molecule has 3 nitrogen and oxygen atoms in total. The molecule has 0 aliphatic carbocycles. The Bertz CT molecular complexity index is 422. The monoisotopic (exact) mass is 267 g/mol. The highest BCUT2D eigenvalue weighted by Crippen LogP contribution is 2.30. The topological polar surface area (TPSA) is 38.3 Å². The van der Waals surface area contributed by atoms with Gasteiger partial charge in [-0.05, 0) is 37.1 Å². The summed E-state index contributed by atoms with van der Waals surface area (Å²) in [6.45, 7) is 4.80. The summed E-state index contributed by atoms with van der Waals surface area (Å²) in [4.78, 5) is 11.7. The molecule has 0 heterocycles. The molecule has 1 unspecified atom stereocenters. The summed E-state index contributed by atoms with van der Waals surface area (Å²) >= 11 is 0. The average Bonchev–Trinajstić information content (AvgIpc) is 2.43. The molecule has 0 spiro atoms. The summed E-state index contributed by atoms with van der Waals surface area (Å²) in [5, 5.41) is 3.37. The molecule has 106 valence electrons. The first kappa shape index (κ1) is 15.6. The first-order valence-electron chi connectivity index (χ1n) is 6.66. The fourth-order valence-corrected chi connectivity index (χ4v) is 2.19. The lowest BCUT2D eigenvalue weighted by atomic mass is 9.84. The highest BCUT2D eigenvalue weighted by atomic mass is 19.1. The van der Waals surface area contributed by atoms with Crippen molar-refractivity contribution in [1.29, 1.82) is 0 Å². The fraction of sp³-hybridized carbons (Fsp3) is 0.533. The zero-order valence-corrected chi connectivity index (χ0v) is 11.8. The molecule has 1 aromatic carbocycles. The van der Waals surface area contributed by atoms with Crippen LogP contribution in [0.25, 0.3) is 0 Å². The highest BCUT2D eigenvalue weighted by Gasteiger charge is 2.33. The molecule has 0 aliphatic heterocycles. The van der Waals surface area contributed by atoms with Crippen molar-refractivity contribution in [3.63, 3.8) is 0 Å². The van der Waals surface area contributed by atoms with Gasteiger partial charge in [0.15, 0.2) is 0 Å². The summed E-state index contributed by atoms with van der Waals surface area (Å²) in [7, 11) is 1.37. The number of esters is 1. The van der Waals surface area contributed by atoms with E-state index in [1.807, 2.05) is 13.0 Å². The Labute approximate surface area is 114 Å². The second-order valence-corrected chi connectivity index (χ2v) is 4.63. The number of hydrogen-bond acceptors (Lipinski definition) is 3. The van der Waals surface area contributed by atoms with E-state index in [-0.39, 0.29) is 18.2 Å². The first-order chi connectivity index (χ1) is 9.07. The zero-order valence-electron chi connectivity index (χ0n) is 11.8. The van der Waals surface area contributed by atoms with E-state index in [9.17, 15) is 9.18 Å². The minimum Gasteiger partial charge on any atom is -0.469 e. The van der Waals surface area contributed by atoms with Crippen LogP contribution >= 0.6 is 0 Å². The largest absolute Gasteiger partial charge is 0.469 e. The number of carbonyl (C=O) groups excluding carboxylic acids is 1. The summed E-state index contributed by atoms with van der Waals surface area (Å²) in [6, 6.07) is 6.40. The highest BCUT2D eigenvalue weighted by molar-refractivity contribution is 5.71. The molecule has 1 aromatic rings. The Morgan fingerprint density at radius 1 is 1.42 bits per heavy atom. The van der Waals surface area contributed by atoms with Gasteiger partial charge in [0, 0.05) is 0 Å². The molecule has 0 saturated heterocycles. The third kappa shape index (κ3) is 4.03. The van der Waals surface area contributed by atoms with Crippen LogP contribution in [0.4, 0.5) is 4.39 Å². The maximum atomic E-state index is 13.4. The standard InChI is InChI=1S/C15H22FNO2/c1-4-9-17-15(5-2,11-14(18)19-3)12-7-6-8-13(16)10-12/h6-8,10,17H,4-5,9,11H2,1-3H3. The van der Waals surface area contributed by atoms with E-state index in [0.717, 1.165) is 18.5 Å². The van der Waals surface area contributed by atoms with E-state index in [4.69, 9.17) is 4.74 Å². The molecule has 0 radical (unpaired) electrons. The minimum absolute atomic E-state index is 0.198. The number of ether oxygens (including phenoxy) is 1. The SMILES string of the molecule is CCCNC(CC)(CC(=O)OC)c1cccc(F)c1. The van der Waals surface area contributed by atoms with E-state index >= 15 is 0 Å². The molecule has 1 N–H and O–H groups in total. The van der Waals surface area contributed by atoms with Crippen LogP contribution in [0.3, 0.4) is 0 Å². The third-order valence-corrected chi connectivity index (χ3v) is 3.37. The van der Waals surface area contributed by atoms with E-state index in [1.165, 1.54) is 19.2 Å². The molecular weight excluding hydrogens is 245 g/mol. The van der Waals surface area contributed by atoms with Crippen molar-refractivity contribution in [3.8, 4) is 0 Å². The third-order valence-electron chi connectivity index (χ3n) is 3.37. The van der Waals surface area contributed by atoms with Gasteiger partial charge in [-0.3, -0.25) is 4.79 Å². The average molecular weight is 267 g/mol. The van der Waals surface area contributed by atoms with Crippen LogP contribution in [0.1, 0.15) is 38.7 Å². The molecule has 1 atom stereocenters. The van der Waals surface area contributed by atoms with E-state index < -0.39 is 5.54 Å². The molecule has 0 aliphatic rings. The number of benzene rings is 1.